The summed E-state index contributed by atoms with van der Waals surface area (Å²) < 4.78 is 10.7. The third-order valence-corrected chi connectivity index (χ3v) is 3.40. The largest absolute Gasteiger partial charge is 0.493 e. The number of amides is 1. The molecule has 2 aromatic rings. The number of nitrogens with one attached hydrogen (secondary N) is 2. The molecule has 0 saturated heterocycles. The van der Waals surface area contributed by atoms with Crippen molar-refractivity contribution in [2.75, 3.05) is 25.6 Å². The Balaban J connectivity index is 1.86. The number of aryl methyl sites for hydroxylation is 1. The van der Waals surface area contributed by atoms with Gasteiger partial charge in [-0.2, -0.15) is 5.10 Å². The van der Waals surface area contributed by atoms with Crippen molar-refractivity contribution in [3.05, 3.63) is 53.6 Å². The maximum atomic E-state index is 11.8. The van der Waals surface area contributed by atoms with Crippen LogP contribution >= 0.6 is 0 Å². The van der Waals surface area contributed by atoms with Crippen LogP contribution in [-0.4, -0.2) is 32.4 Å². The van der Waals surface area contributed by atoms with E-state index in [0.29, 0.717) is 18.1 Å². The van der Waals surface area contributed by atoms with Crippen LogP contribution in [0.4, 0.5) is 5.69 Å². The molecule has 2 rings (SSSR count). The molecule has 0 aliphatic carbocycles. The van der Waals surface area contributed by atoms with Gasteiger partial charge in [0, 0.05) is 5.69 Å². The highest BCUT2D eigenvalue weighted by Gasteiger charge is 2.04. The van der Waals surface area contributed by atoms with Crippen LogP contribution < -0.4 is 20.2 Å². The standard InChI is InChI=1S/C19H23N3O3/c1-4-25-18-11-15(7-10-17(18)24-3)12-21-22-19(23)13-20-16-8-5-14(2)6-9-16/h5-12,20H,4,13H2,1-3H3,(H,22,23)/b21-12-. The fraction of sp³-hybridized carbons (Fsp3) is 0.263. The number of hydrogen-bond donors (Lipinski definition) is 2. The molecule has 25 heavy (non-hydrogen) atoms. The minimum Gasteiger partial charge on any atom is -0.493 e. The van der Waals surface area contributed by atoms with Crippen LogP contribution in [0.2, 0.25) is 0 Å². The van der Waals surface area contributed by atoms with Crippen LogP contribution in [-0.2, 0) is 4.79 Å². The maximum absolute atomic E-state index is 11.8. The van der Waals surface area contributed by atoms with Crippen LogP contribution in [0, 0.1) is 6.92 Å². The molecular weight excluding hydrogens is 318 g/mol. The Bertz CT molecular complexity index is 727. The average molecular weight is 341 g/mol. The first-order chi connectivity index (χ1) is 12.1. The normalized spacial score (nSPS) is 10.5. The van der Waals surface area contributed by atoms with E-state index in [0.717, 1.165) is 11.3 Å². The van der Waals surface area contributed by atoms with Crippen molar-refractivity contribution in [1.82, 2.24) is 5.43 Å². The molecular formula is C19H23N3O3. The zero-order chi connectivity index (χ0) is 18.1. The van der Waals surface area contributed by atoms with E-state index >= 15 is 0 Å². The summed E-state index contributed by atoms with van der Waals surface area (Å²) >= 11 is 0. The molecule has 0 spiro atoms. The monoisotopic (exact) mass is 341 g/mol. The molecule has 132 valence electrons. The number of carbonyl (C=O) groups is 1. The molecule has 0 aliphatic heterocycles. The van der Waals surface area contributed by atoms with E-state index in [-0.39, 0.29) is 12.5 Å². The molecule has 0 saturated carbocycles. The van der Waals surface area contributed by atoms with Crippen LogP contribution in [0.3, 0.4) is 0 Å². The topological polar surface area (TPSA) is 72.0 Å². The van der Waals surface area contributed by atoms with Gasteiger partial charge < -0.3 is 14.8 Å². The van der Waals surface area contributed by atoms with E-state index in [9.17, 15) is 4.79 Å². The van der Waals surface area contributed by atoms with E-state index < -0.39 is 0 Å². The fourth-order valence-electron chi connectivity index (χ4n) is 2.11. The summed E-state index contributed by atoms with van der Waals surface area (Å²) in [5, 5.41) is 7.00. The Morgan fingerprint density at radius 1 is 1.16 bits per heavy atom. The first-order valence-corrected chi connectivity index (χ1v) is 8.05. The Hall–Kier alpha value is -3.02. The van der Waals surface area contributed by atoms with E-state index in [1.807, 2.05) is 50.2 Å². The van der Waals surface area contributed by atoms with Gasteiger partial charge >= 0.3 is 0 Å². The highest BCUT2D eigenvalue weighted by Crippen LogP contribution is 2.27. The lowest BCUT2D eigenvalue weighted by atomic mass is 10.2. The lowest BCUT2D eigenvalue weighted by Crippen LogP contribution is -2.25. The highest BCUT2D eigenvalue weighted by atomic mass is 16.5. The van der Waals surface area contributed by atoms with Crippen molar-refractivity contribution in [2.24, 2.45) is 5.10 Å². The van der Waals surface area contributed by atoms with Crippen LogP contribution in [0.15, 0.2) is 47.6 Å². The van der Waals surface area contributed by atoms with Gasteiger partial charge in [0.15, 0.2) is 11.5 Å². The molecule has 0 aliphatic rings. The number of ether oxygens (including phenoxy) is 2. The molecule has 6 heteroatoms. The third-order valence-electron chi connectivity index (χ3n) is 3.40. The first-order valence-electron chi connectivity index (χ1n) is 8.05. The predicted molar refractivity (Wildman–Crippen MR) is 99.6 cm³/mol. The Kier molecular flexibility index (Phi) is 6.83. The van der Waals surface area contributed by atoms with E-state index in [1.54, 1.807) is 19.4 Å². The molecule has 0 bridgehead atoms. The summed E-state index contributed by atoms with van der Waals surface area (Å²) in [5.41, 5.74) is 5.35. The van der Waals surface area contributed by atoms with Crippen molar-refractivity contribution < 1.29 is 14.3 Å². The van der Waals surface area contributed by atoms with Gasteiger partial charge in [-0.3, -0.25) is 4.79 Å². The van der Waals surface area contributed by atoms with Crippen molar-refractivity contribution in [3.8, 4) is 11.5 Å². The Morgan fingerprint density at radius 3 is 2.60 bits per heavy atom. The van der Waals surface area contributed by atoms with Gasteiger partial charge in [0.05, 0.1) is 26.5 Å². The van der Waals surface area contributed by atoms with E-state index in [1.165, 1.54) is 5.56 Å². The summed E-state index contributed by atoms with van der Waals surface area (Å²) in [6, 6.07) is 13.3. The summed E-state index contributed by atoms with van der Waals surface area (Å²) in [7, 11) is 1.59. The maximum Gasteiger partial charge on any atom is 0.259 e. The molecule has 0 atom stereocenters. The molecule has 0 aromatic heterocycles. The molecule has 1 amide bonds. The second-order valence-electron chi connectivity index (χ2n) is 5.36. The predicted octanol–water partition coefficient (Wildman–Crippen LogP) is 2.96. The summed E-state index contributed by atoms with van der Waals surface area (Å²) in [4.78, 5) is 11.8. The number of benzene rings is 2. The number of hydrogen-bond acceptors (Lipinski definition) is 5. The van der Waals surface area contributed by atoms with Gasteiger partial charge in [-0.25, -0.2) is 5.43 Å². The molecule has 2 aromatic carbocycles. The van der Waals surface area contributed by atoms with Crippen molar-refractivity contribution in [3.63, 3.8) is 0 Å². The molecule has 6 nitrogen and oxygen atoms in total. The third kappa shape index (κ3) is 5.84. The van der Waals surface area contributed by atoms with Gasteiger partial charge in [0.2, 0.25) is 0 Å². The van der Waals surface area contributed by atoms with Gasteiger partial charge in [0.25, 0.3) is 5.91 Å². The lowest BCUT2D eigenvalue weighted by molar-refractivity contribution is -0.119. The molecule has 0 heterocycles. The van der Waals surface area contributed by atoms with E-state index in [4.69, 9.17) is 9.47 Å². The zero-order valence-corrected chi connectivity index (χ0v) is 14.7. The van der Waals surface area contributed by atoms with Crippen molar-refractivity contribution in [2.45, 2.75) is 13.8 Å². The molecule has 0 unspecified atom stereocenters. The van der Waals surface area contributed by atoms with Gasteiger partial charge in [-0.05, 0) is 49.7 Å². The average Bonchev–Trinajstić information content (AvgIpc) is 2.62. The van der Waals surface area contributed by atoms with Crippen LogP contribution in [0.25, 0.3) is 0 Å². The van der Waals surface area contributed by atoms with Crippen LogP contribution in [0.1, 0.15) is 18.1 Å². The quantitative estimate of drug-likeness (QED) is 0.572. The highest BCUT2D eigenvalue weighted by molar-refractivity contribution is 5.84. The number of methoxy groups -OCH3 is 1. The van der Waals surface area contributed by atoms with E-state index in [2.05, 4.69) is 15.8 Å². The number of hydrazone groups is 1. The number of anilines is 1. The SMILES string of the molecule is CCOc1cc(/C=N\NC(=O)CNc2ccc(C)cc2)ccc1OC. The van der Waals surface area contributed by atoms with Gasteiger partial charge in [0.1, 0.15) is 0 Å². The zero-order valence-electron chi connectivity index (χ0n) is 14.7. The van der Waals surface area contributed by atoms with Crippen molar-refractivity contribution in [1.29, 1.82) is 0 Å². The Labute approximate surface area is 147 Å². The Morgan fingerprint density at radius 2 is 1.92 bits per heavy atom. The van der Waals surface area contributed by atoms with Gasteiger partial charge in [-0.15, -0.1) is 0 Å². The smallest absolute Gasteiger partial charge is 0.259 e. The summed E-state index contributed by atoms with van der Waals surface area (Å²) in [5.74, 6) is 1.07. The van der Waals surface area contributed by atoms with Crippen LogP contribution in [0.5, 0.6) is 11.5 Å². The number of carbonyl (C=O) groups excluding carboxylic acids is 1. The second kappa shape index (κ2) is 9.32. The summed E-state index contributed by atoms with van der Waals surface area (Å²) in [6.07, 6.45) is 1.56. The van der Waals surface area contributed by atoms with Gasteiger partial charge in [-0.1, -0.05) is 17.7 Å². The minimum atomic E-state index is -0.227. The fourth-order valence-corrected chi connectivity index (χ4v) is 2.11. The number of nitrogens with zero attached hydrogens (tertiary/aromatic N) is 1. The molecule has 2 N–H and O–H groups in total. The van der Waals surface area contributed by atoms with Crippen molar-refractivity contribution >= 4 is 17.8 Å². The molecule has 0 fully saturated rings. The molecule has 0 radical (unpaired) electrons. The minimum absolute atomic E-state index is 0.146. The first kappa shape index (κ1) is 18.3. The lowest BCUT2D eigenvalue weighted by Gasteiger charge is -2.09. The number of rotatable bonds is 8. The second-order valence-corrected chi connectivity index (χ2v) is 5.36. The summed E-state index contributed by atoms with van der Waals surface area (Å²) in [6.45, 7) is 4.61.